The van der Waals surface area contributed by atoms with Crippen molar-refractivity contribution in [2.24, 2.45) is 0 Å². The first-order valence-electron chi connectivity index (χ1n) is 13.8. The van der Waals surface area contributed by atoms with Crippen LogP contribution >= 0.6 is 0 Å². The number of carbonyl (C=O) groups is 2. The molecule has 0 aromatic heterocycles. The molecular weight excluding hydrogens is 548 g/mol. The topological polar surface area (TPSA) is 89.5 Å². The molecule has 222 valence electrons. The van der Waals surface area contributed by atoms with Gasteiger partial charge in [0.15, 0.2) is 12.2 Å². The van der Waals surface area contributed by atoms with Gasteiger partial charge in [-0.3, -0.25) is 0 Å². The quantitative estimate of drug-likeness (QED) is 0.113. The first-order chi connectivity index (χ1) is 20.9. The minimum Gasteiger partial charge on any atom is -0.490 e. The Morgan fingerprint density at radius 3 is 1.63 bits per heavy atom. The normalized spacial score (nSPS) is 11.9. The Hall–Kier alpha value is -5.24. The molecule has 0 fully saturated rings. The summed E-state index contributed by atoms with van der Waals surface area (Å²) in [6, 6.07) is 28.0. The van der Waals surface area contributed by atoms with E-state index in [1.807, 2.05) is 97.9 Å². The van der Waals surface area contributed by atoms with Gasteiger partial charge in [-0.15, -0.1) is 0 Å². The van der Waals surface area contributed by atoms with Crippen LogP contribution in [0.1, 0.15) is 5.56 Å². The zero-order valence-corrected chi connectivity index (χ0v) is 24.0. The minimum atomic E-state index is -0.648. The first-order valence-corrected chi connectivity index (χ1v) is 13.8. The number of aryl methyl sites for hydroxylation is 1. The zero-order chi connectivity index (χ0) is 30.4. The minimum absolute atomic E-state index is 0.0912. The summed E-state index contributed by atoms with van der Waals surface area (Å²) in [6.07, 6.45) is 0.924. The maximum absolute atomic E-state index is 11.9. The Morgan fingerprint density at radius 2 is 1.12 bits per heavy atom. The van der Waals surface area contributed by atoms with E-state index in [2.05, 4.69) is 13.2 Å². The number of hydrogen-bond donors (Lipinski definition) is 0. The molecule has 4 aromatic rings. The van der Waals surface area contributed by atoms with E-state index in [1.54, 1.807) is 0 Å². The Balaban J connectivity index is 1.39. The summed E-state index contributed by atoms with van der Waals surface area (Å²) in [5.41, 5.74) is 0.913. The Kier molecular flexibility index (Phi) is 11.2. The van der Waals surface area contributed by atoms with Gasteiger partial charge in [0.2, 0.25) is 0 Å². The number of carbonyl (C=O) groups excluding carboxylic acids is 2. The van der Waals surface area contributed by atoms with Crippen molar-refractivity contribution >= 4 is 22.7 Å². The second-order valence-corrected chi connectivity index (χ2v) is 9.47. The predicted molar refractivity (Wildman–Crippen MR) is 164 cm³/mol. The van der Waals surface area contributed by atoms with Crippen molar-refractivity contribution in [1.82, 2.24) is 0 Å². The van der Waals surface area contributed by atoms with Gasteiger partial charge in [0, 0.05) is 12.2 Å². The summed E-state index contributed by atoms with van der Waals surface area (Å²) in [5.74, 6) is 1.47. The van der Waals surface area contributed by atoms with Crippen molar-refractivity contribution in [2.45, 2.75) is 19.1 Å². The molecule has 0 aliphatic carbocycles. The van der Waals surface area contributed by atoms with Crippen LogP contribution in [0.15, 0.2) is 116 Å². The number of esters is 2. The van der Waals surface area contributed by atoms with E-state index < -0.39 is 24.1 Å². The van der Waals surface area contributed by atoms with Crippen LogP contribution in [0.5, 0.6) is 23.0 Å². The predicted octanol–water partition coefficient (Wildman–Crippen LogP) is 6.26. The average Bonchev–Trinajstić information content (AvgIpc) is 3.05. The third-order valence-electron chi connectivity index (χ3n) is 6.33. The molecular formula is C35H34O8. The van der Waals surface area contributed by atoms with Gasteiger partial charge >= 0.3 is 11.9 Å². The highest BCUT2D eigenvalue weighted by Gasteiger charge is 2.18. The van der Waals surface area contributed by atoms with Gasteiger partial charge in [0.05, 0.1) is 0 Å². The zero-order valence-electron chi connectivity index (χ0n) is 24.0. The monoisotopic (exact) mass is 582 g/mol. The highest BCUT2D eigenvalue weighted by atomic mass is 16.6. The molecule has 8 nitrogen and oxygen atoms in total. The van der Waals surface area contributed by atoms with Crippen molar-refractivity contribution in [1.29, 1.82) is 0 Å². The SMILES string of the molecule is C=CC(=O)OC(COc1ccccc1)COc1ccc2c(C)c(OCC(COc3ccccc3)OC(=O)C=C)ccc2c1. The van der Waals surface area contributed by atoms with Crippen LogP contribution in [0.3, 0.4) is 0 Å². The van der Waals surface area contributed by atoms with E-state index in [4.69, 9.17) is 28.4 Å². The highest BCUT2D eigenvalue weighted by molar-refractivity contribution is 5.88. The molecule has 0 amide bonds. The molecule has 0 saturated carbocycles. The third-order valence-corrected chi connectivity index (χ3v) is 6.33. The lowest BCUT2D eigenvalue weighted by atomic mass is 10.0. The number of para-hydroxylation sites is 2. The maximum Gasteiger partial charge on any atom is 0.330 e. The molecule has 2 atom stereocenters. The first kappa shape index (κ1) is 30.7. The van der Waals surface area contributed by atoms with Gasteiger partial charge in [0.25, 0.3) is 0 Å². The fraction of sp³-hybridized carbons (Fsp3) is 0.200. The van der Waals surface area contributed by atoms with Crippen molar-refractivity contribution in [3.8, 4) is 23.0 Å². The molecule has 0 saturated heterocycles. The van der Waals surface area contributed by atoms with Gasteiger partial charge in [-0.25, -0.2) is 9.59 Å². The lowest BCUT2D eigenvalue weighted by Gasteiger charge is -2.20. The van der Waals surface area contributed by atoms with E-state index >= 15 is 0 Å². The average molecular weight is 583 g/mol. The second kappa shape index (κ2) is 15.7. The molecule has 0 radical (unpaired) electrons. The van der Waals surface area contributed by atoms with Crippen LogP contribution in [0.25, 0.3) is 10.8 Å². The summed E-state index contributed by atoms with van der Waals surface area (Å²) in [5, 5.41) is 1.90. The largest absolute Gasteiger partial charge is 0.490 e. The summed E-state index contributed by atoms with van der Waals surface area (Å²) in [7, 11) is 0. The Bertz CT molecular complexity index is 1520. The standard InChI is InChI=1S/C35H34O8/c1-4-34(36)42-30(21-38-27-12-8-6-9-13-27)23-40-29-17-18-32-25(3)33(19-16-26(32)20-29)41-24-31(43-35(37)5-2)22-39-28-14-10-7-11-15-28/h4-20,30-31H,1-2,21-24H2,3H3. The van der Waals surface area contributed by atoms with E-state index in [-0.39, 0.29) is 26.4 Å². The lowest BCUT2D eigenvalue weighted by molar-refractivity contribution is -0.147. The van der Waals surface area contributed by atoms with Crippen LogP contribution in [-0.4, -0.2) is 50.6 Å². The summed E-state index contributed by atoms with van der Waals surface area (Å²) in [4.78, 5) is 23.7. The number of ether oxygens (including phenoxy) is 6. The summed E-state index contributed by atoms with van der Waals surface area (Å²) >= 11 is 0. The van der Waals surface area contributed by atoms with Crippen molar-refractivity contribution in [2.75, 3.05) is 26.4 Å². The third kappa shape index (κ3) is 9.39. The van der Waals surface area contributed by atoms with Crippen molar-refractivity contribution in [3.05, 3.63) is 122 Å². The molecule has 0 spiro atoms. The van der Waals surface area contributed by atoms with Gasteiger partial charge in [-0.2, -0.15) is 0 Å². The maximum atomic E-state index is 11.9. The van der Waals surface area contributed by atoms with E-state index in [0.29, 0.717) is 23.0 Å². The molecule has 4 aromatic carbocycles. The van der Waals surface area contributed by atoms with E-state index in [0.717, 1.165) is 28.5 Å². The molecule has 0 aliphatic heterocycles. The van der Waals surface area contributed by atoms with Crippen LogP contribution in [0.2, 0.25) is 0 Å². The Morgan fingerprint density at radius 1 is 0.628 bits per heavy atom. The molecule has 0 aliphatic rings. The van der Waals surface area contributed by atoms with Gasteiger partial charge in [-0.1, -0.05) is 61.7 Å². The highest BCUT2D eigenvalue weighted by Crippen LogP contribution is 2.30. The van der Waals surface area contributed by atoms with Crippen LogP contribution in [0.4, 0.5) is 0 Å². The molecule has 0 bridgehead atoms. The number of benzene rings is 4. The van der Waals surface area contributed by atoms with Gasteiger partial charge < -0.3 is 28.4 Å². The number of fused-ring (bicyclic) bond motifs is 1. The van der Waals surface area contributed by atoms with Crippen LogP contribution in [0, 0.1) is 6.92 Å². The molecule has 43 heavy (non-hydrogen) atoms. The number of hydrogen-bond acceptors (Lipinski definition) is 8. The van der Waals surface area contributed by atoms with Crippen molar-refractivity contribution < 1.29 is 38.0 Å². The number of rotatable bonds is 16. The summed E-state index contributed by atoms with van der Waals surface area (Å²) < 4.78 is 34.4. The fourth-order valence-electron chi connectivity index (χ4n) is 4.13. The molecule has 0 heterocycles. The lowest BCUT2D eigenvalue weighted by Crippen LogP contribution is -2.30. The van der Waals surface area contributed by atoms with Crippen LogP contribution in [-0.2, 0) is 19.1 Å². The molecule has 2 unspecified atom stereocenters. The van der Waals surface area contributed by atoms with Gasteiger partial charge in [0.1, 0.15) is 49.4 Å². The second-order valence-electron chi connectivity index (χ2n) is 9.47. The molecule has 4 rings (SSSR count). The molecule has 8 heteroatoms. The Labute approximate surface area is 251 Å². The van der Waals surface area contributed by atoms with Crippen LogP contribution < -0.4 is 18.9 Å². The smallest absolute Gasteiger partial charge is 0.330 e. The van der Waals surface area contributed by atoms with Crippen molar-refractivity contribution in [3.63, 3.8) is 0 Å². The van der Waals surface area contributed by atoms with E-state index in [9.17, 15) is 9.59 Å². The molecule has 0 N–H and O–H groups in total. The fourth-order valence-corrected chi connectivity index (χ4v) is 4.13. The van der Waals surface area contributed by atoms with E-state index in [1.165, 1.54) is 0 Å². The van der Waals surface area contributed by atoms with Gasteiger partial charge in [-0.05, 0) is 65.7 Å². The summed E-state index contributed by atoms with van der Waals surface area (Å²) in [6.45, 7) is 9.31.